The van der Waals surface area contributed by atoms with Crippen LogP contribution in [0.25, 0.3) is 0 Å². The Hall–Kier alpha value is -2.79. The molecular formula is C17H18FN3O6S. The standard InChI is InChI=1S/C17H18FN3O6S/c1-26-15-6-7-16(20-19-15)27-11-3-2-8-21(10-11)28(24,25)12-4-5-14(18)13(9-12)17(22)23/h4-7,9,11H,2-3,8,10H2,1H3,(H,22,23). The maximum Gasteiger partial charge on any atom is 0.338 e. The van der Waals surface area contributed by atoms with E-state index in [1.165, 1.54) is 11.4 Å². The lowest BCUT2D eigenvalue weighted by atomic mass is 10.1. The summed E-state index contributed by atoms with van der Waals surface area (Å²) in [4.78, 5) is 10.8. The average molecular weight is 411 g/mol. The smallest absolute Gasteiger partial charge is 0.338 e. The molecule has 1 aromatic heterocycles. The van der Waals surface area contributed by atoms with Crippen LogP contribution in [0.5, 0.6) is 11.8 Å². The van der Waals surface area contributed by atoms with E-state index < -0.39 is 33.5 Å². The van der Waals surface area contributed by atoms with Crippen molar-refractivity contribution in [1.29, 1.82) is 0 Å². The molecule has 9 nitrogen and oxygen atoms in total. The van der Waals surface area contributed by atoms with Gasteiger partial charge >= 0.3 is 5.97 Å². The van der Waals surface area contributed by atoms with Crippen LogP contribution in [0.2, 0.25) is 0 Å². The van der Waals surface area contributed by atoms with Crippen molar-refractivity contribution in [3.63, 3.8) is 0 Å². The third kappa shape index (κ3) is 4.20. The van der Waals surface area contributed by atoms with Crippen LogP contribution < -0.4 is 9.47 Å². The first kappa shape index (κ1) is 20.0. The molecule has 1 N–H and O–H groups in total. The highest BCUT2D eigenvalue weighted by molar-refractivity contribution is 7.89. The maximum absolute atomic E-state index is 13.6. The number of aromatic carboxylic acids is 1. The maximum atomic E-state index is 13.6. The molecule has 1 fully saturated rings. The second kappa shape index (κ2) is 8.07. The number of hydrogen-bond acceptors (Lipinski definition) is 7. The van der Waals surface area contributed by atoms with Crippen molar-refractivity contribution in [3.05, 3.63) is 41.7 Å². The number of carboxylic acid groups (broad SMARTS) is 1. The molecule has 0 saturated carbocycles. The SMILES string of the molecule is COc1ccc(OC2CCCN(S(=O)(=O)c3ccc(F)c(C(=O)O)c3)C2)nn1. The number of carboxylic acids is 1. The van der Waals surface area contributed by atoms with Gasteiger partial charge in [0.2, 0.25) is 21.8 Å². The van der Waals surface area contributed by atoms with Crippen LogP contribution >= 0.6 is 0 Å². The van der Waals surface area contributed by atoms with Crippen molar-refractivity contribution in [1.82, 2.24) is 14.5 Å². The van der Waals surface area contributed by atoms with E-state index in [9.17, 15) is 17.6 Å². The van der Waals surface area contributed by atoms with Crippen molar-refractivity contribution in [2.75, 3.05) is 20.2 Å². The predicted octanol–water partition coefficient (Wildman–Crippen LogP) is 1.55. The van der Waals surface area contributed by atoms with E-state index in [4.69, 9.17) is 14.6 Å². The largest absolute Gasteiger partial charge is 0.480 e. The van der Waals surface area contributed by atoms with Crippen LogP contribution in [0.15, 0.2) is 35.2 Å². The summed E-state index contributed by atoms with van der Waals surface area (Å²) in [6, 6.07) is 5.86. The number of rotatable bonds is 6. The first-order valence-electron chi connectivity index (χ1n) is 8.38. The zero-order valence-electron chi connectivity index (χ0n) is 14.9. The van der Waals surface area contributed by atoms with E-state index in [2.05, 4.69) is 10.2 Å². The van der Waals surface area contributed by atoms with E-state index in [1.807, 2.05) is 0 Å². The summed E-state index contributed by atoms with van der Waals surface area (Å²) in [5.41, 5.74) is -0.695. The number of ether oxygens (including phenoxy) is 2. The molecule has 0 aliphatic carbocycles. The number of nitrogens with zero attached hydrogens (tertiary/aromatic N) is 3. The summed E-state index contributed by atoms with van der Waals surface area (Å²) in [6.45, 7) is 0.298. The third-order valence-electron chi connectivity index (χ3n) is 4.26. The summed E-state index contributed by atoms with van der Waals surface area (Å²) >= 11 is 0. The van der Waals surface area contributed by atoms with E-state index in [0.717, 1.165) is 18.2 Å². The number of aromatic nitrogens is 2. The molecule has 1 saturated heterocycles. The van der Waals surface area contributed by atoms with Gasteiger partial charge < -0.3 is 14.6 Å². The van der Waals surface area contributed by atoms with Gasteiger partial charge in [-0.25, -0.2) is 17.6 Å². The number of carbonyl (C=O) groups is 1. The first-order chi connectivity index (χ1) is 13.3. The normalized spacial score (nSPS) is 17.9. The van der Waals surface area contributed by atoms with Crippen LogP contribution in [0.1, 0.15) is 23.2 Å². The van der Waals surface area contributed by atoms with E-state index in [1.54, 1.807) is 12.1 Å². The molecule has 28 heavy (non-hydrogen) atoms. The average Bonchev–Trinajstić information content (AvgIpc) is 2.69. The number of benzene rings is 1. The Kier molecular flexibility index (Phi) is 5.75. The zero-order chi connectivity index (χ0) is 20.3. The third-order valence-corrected chi connectivity index (χ3v) is 6.12. The Morgan fingerprint density at radius 3 is 2.61 bits per heavy atom. The highest BCUT2D eigenvalue weighted by Crippen LogP contribution is 2.24. The minimum atomic E-state index is -4.00. The molecule has 11 heteroatoms. The summed E-state index contributed by atoms with van der Waals surface area (Å²) in [5.74, 6) is -1.97. The number of methoxy groups -OCH3 is 1. The highest BCUT2D eigenvalue weighted by Gasteiger charge is 2.32. The van der Waals surface area contributed by atoms with Crippen LogP contribution in [-0.2, 0) is 10.0 Å². The Morgan fingerprint density at radius 2 is 1.96 bits per heavy atom. The zero-order valence-corrected chi connectivity index (χ0v) is 15.7. The second-order valence-electron chi connectivity index (χ2n) is 6.11. The lowest BCUT2D eigenvalue weighted by molar-refractivity contribution is 0.0691. The van der Waals surface area contributed by atoms with Crippen LogP contribution in [0.4, 0.5) is 4.39 Å². The Labute approximate surface area is 160 Å². The van der Waals surface area contributed by atoms with E-state index in [-0.39, 0.29) is 23.9 Å². The summed E-state index contributed by atoms with van der Waals surface area (Å²) in [6.07, 6.45) is 0.704. The topological polar surface area (TPSA) is 119 Å². The van der Waals surface area contributed by atoms with Gasteiger partial charge in [0.15, 0.2) is 0 Å². The van der Waals surface area contributed by atoms with Gasteiger partial charge in [-0.05, 0) is 31.0 Å². The monoisotopic (exact) mass is 411 g/mol. The molecule has 3 rings (SSSR count). The number of piperidine rings is 1. The predicted molar refractivity (Wildman–Crippen MR) is 94.4 cm³/mol. The molecule has 0 radical (unpaired) electrons. The van der Waals surface area contributed by atoms with Crippen LogP contribution in [-0.4, -0.2) is 60.3 Å². The van der Waals surface area contributed by atoms with E-state index in [0.29, 0.717) is 18.7 Å². The van der Waals surface area contributed by atoms with Gasteiger partial charge in [0.05, 0.1) is 24.1 Å². The molecule has 0 spiro atoms. The van der Waals surface area contributed by atoms with Gasteiger partial charge in [0, 0.05) is 18.7 Å². The highest BCUT2D eigenvalue weighted by atomic mass is 32.2. The Balaban J connectivity index is 1.77. The molecule has 1 aliphatic rings. The molecule has 1 unspecified atom stereocenters. The van der Waals surface area contributed by atoms with Crippen LogP contribution in [0, 0.1) is 5.82 Å². The van der Waals surface area contributed by atoms with E-state index >= 15 is 0 Å². The second-order valence-corrected chi connectivity index (χ2v) is 8.04. The Bertz CT molecular complexity index is 967. The molecule has 150 valence electrons. The van der Waals surface area contributed by atoms with Crippen molar-refractivity contribution in [2.45, 2.75) is 23.8 Å². The van der Waals surface area contributed by atoms with Crippen molar-refractivity contribution in [2.24, 2.45) is 0 Å². The fraction of sp³-hybridized carbons (Fsp3) is 0.353. The molecular weight excluding hydrogens is 393 g/mol. The fourth-order valence-corrected chi connectivity index (χ4v) is 4.38. The minimum absolute atomic E-state index is 0.0514. The van der Waals surface area contributed by atoms with Gasteiger partial charge in [-0.1, -0.05) is 0 Å². The fourth-order valence-electron chi connectivity index (χ4n) is 2.85. The number of sulfonamides is 1. The quantitative estimate of drug-likeness (QED) is 0.761. The van der Waals surface area contributed by atoms with Crippen molar-refractivity contribution < 1.29 is 32.2 Å². The Morgan fingerprint density at radius 1 is 1.25 bits per heavy atom. The molecule has 2 aromatic rings. The minimum Gasteiger partial charge on any atom is -0.480 e. The van der Waals surface area contributed by atoms with Gasteiger partial charge in [-0.2, -0.15) is 4.31 Å². The number of hydrogen-bond donors (Lipinski definition) is 1. The van der Waals surface area contributed by atoms with Crippen molar-refractivity contribution >= 4 is 16.0 Å². The van der Waals surface area contributed by atoms with Gasteiger partial charge in [0.25, 0.3) is 0 Å². The summed E-state index contributed by atoms with van der Waals surface area (Å²) in [5, 5.41) is 16.7. The molecule has 1 aliphatic heterocycles. The molecule has 2 heterocycles. The molecule has 1 aromatic carbocycles. The molecule has 1 atom stereocenters. The van der Waals surface area contributed by atoms with Crippen LogP contribution in [0.3, 0.4) is 0 Å². The lowest BCUT2D eigenvalue weighted by Crippen LogP contribution is -2.44. The van der Waals surface area contributed by atoms with Gasteiger partial charge in [-0.15, -0.1) is 10.2 Å². The summed E-state index contributed by atoms with van der Waals surface area (Å²) in [7, 11) is -2.55. The molecule has 0 bridgehead atoms. The van der Waals surface area contributed by atoms with Gasteiger partial charge in [0.1, 0.15) is 11.9 Å². The first-order valence-corrected chi connectivity index (χ1v) is 9.82. The lowest BCUT2D eigenvalue weighted by Gasteiger charge is -2.31. The van der Waals surface area contributed by atoms with Gasteiger partial charge in [-0.3, -0.25) is 0 Å². The molecule has 0 amide bonds. The number of halogens is 1. The van der Waals surface area contributed by atoms with Crippen molar-refractivity contribution in [3.8, 4) is 11.8 Å². The summed E-state index contributed by atoms with van der Waals surface area (Å²) < 4.78 is 51.1.